The van der Waals surface area contributed by atoms with Crippen molar-refractivity contribution in [2.45, 2.75) is 19.4 Å². The number of anilines is 1. The second-order valence-electron chi connectivity index (χ2n) is 7.60. The fourth-order valence-corrected chi connectivity index (χ4v) is 4.94. The van der Waals surface area contributed by atoms with Crippen LogP contribution in [0.4, 0.5) is 5.69 Å². The van der Waals surface area contributed by atoms with Gasteiger partial charge in [0, 0.05) is 16.9 Å². The van der Waals surface area contributed by atoms with E-state index < -0.39 is 17.7 Å². The number of ether oxygens (including phenoxy) is 1. The van der Waals surface area contributed by atoms with Crippen molar-refractivity contribution in [2.24, 2.45) is 0 Å². The molecule has 1 unspecified atom stereocenters. The van der Waals surface area contributed by atoms with Gasteiger partial charge in [-0.05, 0) is 59.8 Å². The molecule has 1 atom stereocenters. The summed E-state index contributed by atoms with van der Waals surface area (Å²) in [5.74, 6) is -1.15. The molecule has 156 valence electrons. The number of hydrogen-bond acceptors (Lipinski definition) is 6. The van der Waals surface area contributed by atoms with Gasteiger partial charge in [-0.25, -0.2) is 0 Å². The number of hydrogen-bond donors (Lipinski definition) is 2. The first-order valence-electron chi connectivity index (χ1n) is 9.86. The van der Waals surface area contributed by atoms with E-state index in [9.17, 15) is 19.8 Å². The molecule has 1 amide bonds. The van der Waals surface area contributed by atoms with Crippen molar-refractivity contribution in [2.75, 3.05) is 11.5 Å². The fourth-order valence-electron chi connectivity index (χ4n) is 4.11. The molecule has 1 saturated heterocycles. The lowest BCUT2D eigenvalue weighted by molar-refractivity contribution is -0.132. The highest BCUT2D eigenvalue weighted by Gasteiger charge is 2.48. The summed E-state index contributed by atoms with van der Waals surface area (Å²) >= 11 is 1.38. The molecule has 2 aliphatic heterocycles. The SMILES string of the molecule is Cc1ccc(O)c(N2C(=O)C(=O)/C(=C(\O)c3ccc4c(c3)CCO4)C2c2cccs2)c1. The second-order valence-corrected chi connectivity index (χ2v) is 8.58. The van der Waals surface area contributed by atoms with Crippen LogP contribution in [0.15, 0.2) is 59.5 Å². The van der Waals surface area contributed by atoms with Crippen LogP contribution in [0, 0.1) is 6.92 Å². The predicted octanol–water partition coefficient (Wildman–Crippen LogP) is 4.32. The molecular formula is C24H19NO5S. The number of thiophene rings is 1. The maximum absolute atomic E-state index is 13.1. The van der Waals surface area contributed by atoms with E-state index in [1.54, 1.807) is 30.3 Å². The summed E-state index contributed by atoms with van der Waals surface area (Å²) in [6.07, 6.45) is 0.719. The molecule has 0 saturated carbocycles. The Labute approximate surface area is 182 Å². The Hall–Kier alpha value is -3.58. The molecule has 2 N–H and O–H groups in total. The van der Waals surface area contributed by atoms with Crippen LogP contribution in [0.5, 0.6) is 11.5 Å². The highest BCUT2D eigenvalue weighted by molar-refractivity contribution is 7.10. The van der Waals surface area contributed by atoms with Crippen LogP contribution in [0.25, 0.3) is 5.76 Å². The Bertz CT molecular complexity index is 1240. The minimum atomic E-state index is -0.836. The van der Waals surface area contributed by atoms with Crippen molar-refractivity contribution in [3.05, 3.63) is 81.1 Å². The standard InChI is InChI=1S/C24H19NO5S/c1-13-4-6-17(26)16(11-13)25-21(19-3-2-10-31-19)20(23(28)24(25)29)22(27)15-5-7-18-14(12-15)8-9-30-18/h2-7,10-12,21,26-27H,8-9H2,1H3/b22-20-. The molecule has 6 nitrogen and oxygen atoms in total. The topological polar surface area (TPSA) is 87.1 Å². The van der Waals surface area contributed by atoms with Crippen LogP contribution in [0.2, 0.25) is 0 Å². The molecule has 2 aromatic carbocycles. The van der Waals surface area contributed by atoms with Gasteiger partial charge in [0.05, 0.1) is 17.9 Å². The van der Waals surface area contributed by atoms with E-state index in [-0.39, 0.29) is 22.8 Å². The summed E-state index contributed by atoms with van der Waals surface area (Å²) in [4.78, 5) is 28.2. The number of phenolic OH excluding ortho intramolecular Hbond substituents is 1. The number of benzene rings is 2. The van der Waals surface area contributed by atoms with Crippen LogP contribution in [0.1, 0.15) is 27.6 Å². The van der Waals surface area contributed by atoms with E-state index in [4.69, 9.17) is 4.74 Å². The second kappa shape index (κ2) is 7.28. The molecule has 3 heterocycles. The maximum atomic E-state index is 13.1. The van der Waals surface area contributed by atoms with Gasteiger partial charge in [-0.1, -0.05) is 12.1 Å². The molecule has 0 aliphatic carbocycles. The zero-order valence-electron chi connectivity index (χ0n) is 16.7. The molecule has 7 heteroatoms. The van der Waals surface area contributed by atoms with Crippen LogP contribution in [0.3, 0.4) is 0 Å². The number of aryl methyl sites for hydroxylation is 1. The third kappa shape index (κ3) is 3.09. The van der Waals surface area contributed by atoms with Gasteiger partial charge >= 0.3 is 0 Å². The fraction of sp³-hybridized carbons (Fsp3) is 0.167. The third-order valence-electron chi connectivity index (χ3n) is 5.61. The number of aliphatic hydroxyl groups is 1. The lowest BCUT2D eigenvalue weighted by Gasteiger charge is -2.25. The van der Waals surface area contributed by atoms with Gasteiger partial charge in [0.25, 0.3) is 11.7 Å². The van der Waals surface area contributed by atoms with Crippen molar-refractivity contribution in [3.8, 4) is 11.5 Å². The number of nitrogens with zero attached hydrogens (tertiary/aromatic N) is 1. The maximum Gasteiger partial charge on any atom is 0.300 e. The third-order valence-corrected chi connectivity index (χ3v) is 6.54. The van der Waals surface area contributed by atoms with Crippen molar-refractivity contribution in [1.82, 2.24) is 0 Å². The van der Waals surface area contributed by atoms with Gasteiger partial charge in [-0.15, -0.1) is 11.3 Å². The average Bonchev–Trinajstić information content (AvgIpc) is 3.50. The molecule has 1 fully saturated rings. The van der Waals surface area contributed by atoms with E-state index in [0.717, 1.165) is 23.3 Å². The summed E-state index contributed by atoms with van der Waals surface area (Å²) in [5.41, 5.74) is 2.48. The number of phenols is 1. The number of rotatable bonds is 3. The van der Waals surface area contributed by atoms with Gasteiger partial charge < -0.3 is 14.9 Å². The summed E-state index contributed by atoms with van der Waals surface area (Å²) < 4.78 is 5.52. The molecule has 2 aliphatic rings. The lowest BCUT2D eigenvalue weighted by atomic mass is 9.98. The first kappa shape index (κ1) is 19.4. The molecule has 0 radical (unpaired) electrons. The number of amides is 1. The van der Waals surface area contributed by atoms with Crippen LogP contribution in [-0.2, 0) is 16.0 Å². The number of fused-ring (bicyclic) bond motifs is 1. The number of aliphatic hydroxyl groups excluding tert-OH is 1. The number of ketones is 1. The molecule has 3 aromatic rings. The Morgan fingerprint density at radius 3 is 2.77 bits per heavy atom. The molecular weight excluding hydrogens is 414 g/mol. The highest BCUT2D eigenvalue weighted by Crippen LogP contribution is 2.46. The van der Waals surface area contributed by atoms with Gasteiger partial charge in [0.1, 0.15) is 23.3 Å². The van der Waals surface area contributed by atoms with E-state index in [0.29, 0.717) is 17.0 Å². The summed E-state index contributed by atoms with van der Waals surface area (Å²) in [6, 6.07) is 12.9. The molecule has 1 aromatic heterocycles. The number of Topliss-reactive ketones (excluding diaryl/α,β-unsaturated/α-hetero) is 1. The van der Waals surface area contributed by atoms with Crippen molar-refractivity contribution in [3.63, 3.8) is 0 Å². The van der Waals surface area contributed by atoms with Crippen LogP contribution >= 0.6 is 11.3 Å². The quantitative estimate of drug-likeness (QED) is 0.365. The van der Waals surface area contributed by atoms with E-state index in [2.05, 4.69) is 0 Å². The Balaban J connectivity index is 1.71. The first-order chi connectivity index (χ1) is 15.0. The molecule has 31 heavy (non-hydrogen) atoms. The summed E-state index contributed by atoms with van der Waals surface area (Å²) in [5, 5.41) is 23.5. The van der Waals surface area contributed by atoms with Gasteiger partial charge in [0.2, 0.25) is 0 Å². The minimum Gasteiger partial charge on any atom is -0.507 e. The van der Waals surface area contributed by atoms with Gasteiger partial charge in [0.15, 0.2) is 0 Å². The Morgan fingerprint density at radius 2 is 2.00 bits per heavy atom. The summed E-state index contributed by atoms with van der Waals surface area (Å²) in [7, 11) is 0. The largest absolute Gasteiger partial charge is 0.507 e. The van der Waals surface area contributed by atoms with Crippen molar-refractivity contribution >= 4 is 34.5 Å². The lowest BCUT2D eigenvalue weighted by Crippen LogP contribution is -2.29. The number of carbonyl (C=O) groups excluding carboxylic acids is 2. The van der Waals surface area contributed by atoms with Crippen LogP contribution < -0.4 is 9.64 Å². The highest BCUT2D eigenvalue weighted by atomic mass is 32.1. The Morgan fingerprint density at radius 1 is 1.16 bits per heavy atom. The smallest absolute Gasteiger partial charge is 0.300 e. The zero-order chi connectivity index (χ0) is 21.7. The monoisotopic (exact) mass is 433 g/mol. The average molecular weight is 433 g/mol. The Kier molecular flexibility index (Phi) is 4.55. The van der Waals surface area contributed by atoms with Crippen molar-refractivity contribution in [1.29, 1.82) is 0 Å². The first-order valence-corrected chi connectivity index (χ1v) is 10.7. The van der Waals surface area contributed by atoms with E-state index in [1.807, 2.05) is 24.4 Å². The van der Waals surface area contributed by atoms with E-state index >= 15 is 0 Å². The molecule has 0 bridgehead atoms. The predicted molar refractivity (Wildman–Crippen MR) is 118 cm³/mol. The van der Waals surface area contributed by atoms with Gasteiger partial charge in [-0.3, -0.25) is 14.5 Å². The number of carbonyl (C=O) groups is 2. The summed E-state index contributed by atoms with van der Waals surface area (Å²) in [6.45, 7) is 2.41. The number of aromatic hydroxyl groups is 1. The van der Waals surface area contributed by atoms with Crippen LogP contribution in [-0.4, -0.2) is 28.5 Å². The van der Waals surface area contributed by atoms with Crippen molar-refractivity contribution < 1.29 is 24.5 Å². The minimum absolute atomic E-state index is 0.00669. The normalized spacial score (nSPS) is 19.5. The zero-order valence-corrected chi connectivity index (χ0v) is 17.5. The molecule has 5 rings (SSSR count). The van der Waals surface area contributed by atoms with Gasteiger partial charge in [-0.2, -0.15) is 0 Å². The van der Waals surface area contributed by atoms with E-state index in [1.165, 1.54) is 22.3 Å². The molecule has 0 spiro atoms.